The first-order chi connectivity index (χ1) is 7.47. The van der Waals surface area contributed by atoms with Crippen molar-refractivity contribution in [1.29, 1.82) is 0 Å². The summed E-state index contributed by atoms with van der Waals surface area (Å²) in [4.78, 5) is 0. The van der Waals surface area contributed by atoms with E-state index in [0.29, 0.717) is 6.54 Å². The Morgan fingerprint density at radius 2 is 2.12 bits per heavy atom. The fourth-order valence-electron chi connectivity index (χ4n) is 1.49. The predicted molar refractivity (Wildman–Crippen MR) is 65.5 cm³/mol. The number of aliphatic hydroxyl groups excluding tert-OH is 1. The van der Waals surface area contributed by atoms with Crippen LogP contribution in [0.3, 0.4) is 0 Å². The van der Waals surface area contributed by atoms with Crippen molar-refractivity contribution < 1.29 is 5.11 Å². The lowest BCUT2D eigenvalue weighted by Crippen LogP contribution is -2.34. The second kappa shape index (κ2) is 5.66. The van der Waals surface area contributed by atoms with E-state index in [1.807, 2.05) is 20.9 Å². The van der Waals surface area contributed by atoms with E-state index in [2.05, 4.69) is 17.3 Å². The Bertz CT molecular complexity index is 351. The van der Waals surface area contributed by atoms with Crippen LogP contribution in [-0.2, 0) is 13.6 Å². The molecule has 2 unspecified atom stereocenters. The van der Waals surface area contributed by atoms with Crippen LogP contribution in [0.4, 0.5) is 0 Å². The Morgan fingerprint density at radius 3 is 2.56 bits per heavy atom. The second-order valence-corrected chi connectivity index (χ2v) is 4.68. The van der Waals surface area contributed by atoms with Crippen LogP contribution in [0.2, 0.25) is 5.02 Å². The molecule has 2 N–H and O–H groups in total. The van der Waals surface area contributed by atoms with Gasteiger partial charge in [0, 0.05) is 26.2 Å². The van der Waals surface area contributed by atoms with Crippen molar-refractivity contribution in [3.05, 3.63) is 16.4 Å². The summed E-state index contributed by atoms with van der Waals surface area (Å²) < 4.78 is 1.79. The second-order valence-electron chi connectivity index (χ2n) is 4.30. The minimum Gasteiger partial charge on any atom is -0.396 e. The number of aromatic nitrogens is 2. The number of halogens is 1. The van der Waals surface area contributed by atoms with Crippen molar-refractivity contribution in [2.45, 2.75) is 33.4 Å². The molecule has 0 spiro atoms. The average Bonchev–Trinajstić information content (AvgIpc) is 2.49. The molecular formula is C11H20ClN3O. The average molecular weight is 246 g/mol. The summed E-state index contributed by atoms with van der Waals surface area (Å²) in [5.41, 5.74) is 1.83. The molecule has 1 rings (SSSR count). The Balaban J connectivity index is 2.61. The molecule has 0 aromatic carbocycles. The zero-order chi connectivity index (χ0) is 12.3. The zero-order valence-electron chi connectivity index (χ0n) is 10.3. The van der Waals surface area contributed by atoms with Crippen molar-refractivity contribution in [2.24, 2.45) is 13.0 Å². The Labute approximate surface area is 102 Å². The highest BCUT2D eigenvalue weighted by Crippen LogP contribution is 2.19. The molecule has 5 heteroatoms. The lowest BCUT2D eigenvalue weighted by Gasteiger charge is -2.19. The third kappa shape index (κ3) is 2.97. The minimum absolute atomic E-state index is 0.187. The van der Waals surface area contributed by atoms with Gasteiger partial charge in [-0.25, -0.2) is 0 Å². The van der Waals surface area contributed by atoms with Crippen LogP contribution in [0.15, 0.2) is 0 Å². The van der Waals surface area contributed by atoms with Crippen LogP contribution in [0.1, 0.15) is 25.2 Å². The summed E-state index contributed by atoms with van der Waals surface area (Å²) in [6, 6.07) is 0.247. The summed E-state index contributed by atoms with van der Waals surface area (Å²) in [6.07, 6.45) is 0. The van der Waals surface area contributed by atoms with Crippen LogP contribution >= 0.6 is 11.6 Å². The molecule has 0 fully saturated rings. The van der Waals surface area contributed by atoms with Gasteiger partial charge in [0.15, 0.2) is 0 Å². The standard InChI is InChI=1S/C11H20ClN3O/c1-7(6-16)8(2)13-5-10-11(12)9(3)14-15(10)4/h7-8,13,16H,5-6H2,1-4H3. The normalized spacial score (nSPS) is 15.1. The monoisotopic (exact) mass is 245 g/mol. The predicted octanol–water partition coefficient (Wildman–Crippen LogP) is 1.49. The first-order valence-electron chi connectivity index (χ1n) is 5.49. The van der Waals surface area contributed by atoms with E-state index in [1.165, 1.54) is 0 Å². The van der Waals surface area contributed by atoms with E-state index < -0.39 is 0 Å². The zero-order valence-corrected chi connectivity index (χ0v) is 11.0. The van der Waals surface area contributed by atoms with E-state index in [-0.39, 0.29) is 18.6 Å². The van der Waals surface area contributed by atoms with Gasteiger partial charge in [0.1, 0.15) is 0 Å². The van der Waals surface area contributed by atoms with Gasteiger partial charge >= 0.3 is 0 Å². The maximum atomic E-state index is 9.03. The highest BCUT2D eigenvalue weighted by atomic mass is 35.5. The molecule has 0 bridgehead atoms. The number of rotatable bonds is 5. The van der Waals surface area contributed by atoms with Gasteiger partial charge in [-0.05, 0) is 19.8 Å². The third-order valence-electron chi connectivity index (χ3n) is 2.99. The molecule has 1 aromatic rings. The molecule has 4 nitrogen and oxygen atoms in total. The largest absolute Gasteiger partial charge is 0.396 e. The molecule has 0 saturated carbocycles. The van der Waals surface area contributed by atoms with E-state index in [4.69, 9.17) is 16.7 Å². The molecule has 0 aliphatic rings. The topological polar surface area (TPSA) is 50.1 Å². The molecule has 1 aromatic heterocycles. The highest BCUT2D eigenvalue weighted by Gasteiger charge is 2.14. The minimum atomic E-state index is 0.187. The van der Waals surface area contributed by atoms with Gasteiger partial charge in [0.05, 0.1) is 16.4 Å². The number of aryl methyl sites for hydroxylation is 2. The van der Waals surface area contributed by atoms with Crippen molar-refractivity contribution in [3.63, 3.8) is 0 Å². The Hall–Kier alpha value is -0.580. The van der Waals surface area contributed by atoms with Gasteiger partial charge in [-0.15, -0.1) is 0 Å². The van der Waals surface area contributed by atoms with Crippen LogP contribution in [0.5, 0.6) is 0 Å². The van der Waals surface area contributed by atoms with Crippen LogP contribution in [0, 0.1) is 12.8 Å². The summed E-state index contributed by atoms with van der Waals surface area (Å²) in [5, 5.41) is 17.3. The van der Waals surface area contributed by atoms with Crippen molar-refractivity contribution in [1.82, 2.24) is 15.1 Å². The van der Waals surface area contributed by atoms with Crippen molar-refractivity contribution in [3.8, 4) is 0 Å². The van der Waals surface area contributed by atoms with Crippen LogP contribution in [-0.4, -0.2) is 27.5 Å². The van der Waals surface area contributed by atoms with Crippen LogP contribution in [0.25, 0.3) is 0 Å². The van der Waals surface area contributed by atoms with Crippen LogP contribution < -0.4 is 5.32 Å². The number of nitrogens with zero attached hydrogens (tertiary/aromatic N) is 2. The SMILES string of the molecule is Cc1nn(C)c(CNC(C)C(C)CO)c1Cl. The molecule has 0 aliphatic heterocycles. The number of aliphatic hydroxyl groups is 1. The maximum Gasteiger partial charge on any atom is 0.0860 e. The number of hydrogen-bond acceptors (Lipinski definition) is 3. The van der Waals surface area contributed by atoms with E-state index in [0.717, 1.165) is 16.4 Å². The smallest absolute Gasteiger partial charge is 0.0860 e. The van der Waals surface area contributed by atoms with Gasteiger partial charge in [-0.2, -0.15) is 5.10 Å². The molecule has 0 saturated heterocycles. The van der Waals surface area contributed by atoms with Gasteiger partial charge in [0.2, 0.25) is 0 Å². The van der Waals surface area contributed by atoms with Gasteiger partial charge in [-0.3, -0.25) is 4.68 Å². The molecule has 0 aliphatic carbocycles. The van der Waals surface area contributed by atoms with E-state index in [1.54, 1.807) is 4.68 Å². The molecule has 92 valence electrons. The lowest BCUT2D eigenvalue weighted by atomic mass is 10.1. The molecular weight excluding hydrogens is 226 g/mol. The van der Waals surface area contributed by atoms with Gasteiger partial charge in [-0.1, -0.05) is 18.5 Å². The quantitative estimate of drug-likeness (QED) is 0.827. The first kappa shape index (κ1) is 13.5. The van der Waals surface area contributed by atoms with E-state index >= 15 is 0 Å². The fourth-order valence-corrected chi connectivity index (χ4v) is 1.72. The molecule has 0 radical (unpaired) electrons. The number of nitrogens with one attached hydrogen (secondary N) is 1. The Morgan fingerprint density at radius 1 is 1.50 bits per heavy atom. The van der Waals surface area contributed by atoms with Crippen molar-refractivity contribution in [2.75, 3.05) is 6.61 Å². The molecule has 0 amide bonds. The highest BCUT2D eigenvalue weighted by molar-refractivity contribution is 6.31. The fraction of sp³-hybridized carbons (Fsp3) is 0.727. The van der Waals surface area contributed by atoms with Gasteiger partial charge in [0.25, 0.3) is 0 Å². The van der Waals surface area contributed by atoms with E-state index in [9.17, 15) is 0 Å². The summed E-state index contributed by atoms with van der Waals surface area (Å²) in [6.45, 7) is 6.81. The summed E-state index contributed by atoms with van der Waals surface area (Å²) >= 11 is 6.14. The van der Waals surface area contributed by atoms with Crippen molar-refractivity contribution >= 4 is 11.6 Å². The van der Waals surface area contributed by atoms with Gasteiger partial charge < -0.3 is 10.4 Å². The molecule has 2 atom stereocenters. The Kier molecular flexibility index (Phi) is 4.77. The molecule has 16 heavy (non-hydrogen) atoms. The lowest BCUT2D eigenvalue weighted by molar-refractivity contribution is 0.206. The summed E-state index contributed by atoms with van der Waals surface area (Å²) in [5.74, 6) is 0.230. The number of hydrogen-bond donors (Lipinski definition) is 2. The summed E-state index contributed by atoms with van der Waals surface area (Å²) in [7, 11) is 1.88. The first-order valence-corrected chi connectivity index (χ1v) is 5.87. The molecule has 1 heterocycles. The third-order valence-corrected chi connectivity index (χ3v) is 3.49. The maximum absolute atomic E-state index is 9.03.